The van der Waals surface area contributed by atoms with E-state index in [9.17, 15) is 4.79 Å². The molecule has 1 aliphatic rings. The van der Waals surface area contributed by atoms with Crippen LogP contribution in [0.2, 0.25) is 0 Å². The van der Waals surface area contributed by atoms with Crippen LogP contribution in [0.3, 0.4) is 0 Å². The average Bonchev–Trinajstić information content (AvgIpc) is 2.82. The monoisotopic (exact) mass is 427 g/mol. The second-order valence-corrected chi connectivity index (χ2v) is 7.68. The first-order valence-corrected chi connectivity index (χ1v) is 11.1. The average molecular weight is 428 g/mol. The van der Waals surface area contributed by atoms with E-state index in [0.717, 1.165) is 42.7 Å². The number of aryl methyl sites for hydroxylation is 2. The van der Waals surface area contributed by atoms with E-state index in [1.165, 1.54) is 5.56 Å². The van der Waals surface area contributed by atoms with Gasteiger partial charge >= 0.3 is 6.09 Å². The van der Waals surface area contributed by atoms with Gasteiger partial charge in [0.2, 0.25) is 0 Å². The van der Waals surface area contributed by atoms with Crippen molar-refractivity contribution in [2.24, 2.45) is 0 Å². The Kier molecular flexibility index (Phi) is 9.03. The third-order valence-corrected chi connectivity index (χ3v) is 5.33. The van der Waals surface area contributed by atoms with Crippen molar-refractivity contribution >= 4 is 6.09 Å². The largest absolute Gasteiger partial charge is 0.497 e. The molecule has 0 spiro atoms. The van der Waals surface area contributed by atoms with Crippen LogP contribution >= 0.6 is 0 Å². The predicted molar refractivity (Wildman–Crippen MR) is 120 cm³/mol. The molecule has 2 aromatic rings. The molecule has 0 bridgehead atoms. The van der Waals surface area contributed by atoms with Crippen LogP contribution in [0.1, 0.15) is 30.9 Å². The maximum Gasteiger partial charge on any atom is 0.409 e. The molecule has 2 aromatic carbocycles. The van der Waals surface area contributed by atoms with Crippen molar-refractivity contribution in [3.05, 3.63) is 59.7 Å². The summed E-state index contributed by atoms with van der Waals surface area (Å²) >= 11 is 0. The number of morpholine rings is 1. The van der Waals surface area contributed by atoms with E-state index in [1.807, 2.05) is 30.3 Å². The van der Waals surface area contributed by atoms with Gasteiger partial charge in [-0.05, 0) is 48.6 Å². The van der Waals surface area contributed by atoms with Crippen molar-refractivity contribution in [2.75, 3.05) is 40.0 Å². The van der Waals surface area contributed by atoms with Crippen molar-refractivity contribution in [3.8, 4) is 11.5 Å². The van der Waals surface area contributed by atoms with Crippen molar-refractivity contribution in [1.82, 2.24) is 4.90 Å². The summed E-state index contributed by atoms with van der Waals surface area (Å²) in [6.45, 7) is 4.47. The lowest BCUT2D eigenvalue weighted by Gasteiger charge is -2.32. The molecule has 1 saturated heterocycles. The lowest BCUT2D eigenvalue weighted by Crippen LogP contribution is -2.47. The van der Waals surface area contributed by atoms with Gasteiger partial charge in [0.15, 0.2) is 0 Å². The Bertz CT molecular complexity index is 825. The number of unbranched alkanes of at least 4 members (excludes halogenated alkanes) is 1. The van der Waals surface area contributed by atoms with Crippen molar-refractivity contribution in [2.45, 2.75) is 38.7 Å². The predicted octanol–water partition coefficient (Wildman–Crippen LogP) is 4.50. The number of nitrogens with zero attached hydrogens (tertiary/aromatic N) is 1. The fourth-order valence-corrected chi connectivity index (χ4v) is 3.52. The molecule has 0 N–H and O–H groups in total. The molecule has 168 valence electrons. The fraction of sp³-hybridized carbons (Fsp3) is 0.480. The highest BCUT2D eigenvalue weighted by Crippen LogP contribution is 2.22. The van der Waals surface area contributed by atoms with E-state index >= 15 is 0 Å². The normalized spacial score (nSPS) is 16.1. The molecule has 1 heterocycles. The number of hydrogen-bond acceptors (Lipinski definition) is 5. The van der Waals surface area contributed by atoms with Gasteiger partial charge < -0.3 is 23.8 Å². The summed E-state index contributed by atoms with van der Waals surface area (Å²) in [6, 6.07) is 16.2. The number of carbonyl (C=O) groups excluding carboxylic acids is 1. The molecule has 1 aliphatic heterocycles. The highest BCUT2D eigenvalue weighted by molar-refractivity contribution is 5.67. The zero-order chi connectivity index (χ0) is 21.9. The minimum Gasteiger partial charge on any atom is -0.497 e. The lowest BCUT2D eigenvalue weighted by atomic mass is 10.0. The molecule has 31 heavy (non-hydrogen) atoms. The van der Waals surface area contributed by atoms with Crippen LogP contribution in [0.15, 0.2) is 48.5 Å². The summed E-state index contributed by atoms with van der Waals surface area (Å²) in [5.74, 6) is 1.73. The Hall–Kier alpha value is -2.73. The lowest BCUT2D eigenvalue weighted by molar-refractivity contribution is -0.0453. The van der Waals surface area contributed by atoms with Crippen molar-refractivity contribution in [3.63, 3.8) is 0 Å². The molecular weight excluding hydrogens is 394 g/mol. The standard InChI is InChI=1S/C25H33NO5/c1-3-4-15-30-25(27)26-14-16-29-23(18-26)19-31-24-11-6-5-9-21(24)13-12-20-8-7-10-22(17-20)28-2/h5-11,17,23H,3-4,12-16,18-19H2,1-2H3. The molecule has 0 radical (unpaired) electrons. The van der Waals surface area contributed by atoms with Gasteiger partial charge in [-0.15, -0.1) is 0 Å². The minimum absolute atomic E-state index is 0.168. The maximum absolute atomic E-state index is 12.2. The molecule has 0 aliphatic carbocycles. The molecule has 1 unspecified atom stereocenters. The second kappa shape index (κ2) is 12.2. The number of amides is 1. The third kappa shape index (κ3) is 7.17. The second-order valence-electron chi connectivity index (χ2n) is 7.68. The van der Waals surface area contributed by atoms with Gasteiger partial charge in [-0.25, -0.2) is 4.79 Å². The van der Waals surface area contributed by atoms with Gasteiger partial charge in [0, 0.05) is 6.54 Å². The molecule has 1 fully saturated rings. The van der Waals surface area contributed by atoms with E-state index in [-0.39, 0.29) is 12.2 Å². The van der Waals surface area contributed by atoms with Crippen LogP contribution in [0, 0.1) is 0 Å². The number of para-hydroxylation sites is 1. The van der Waals surface area contributed by atoms with Gasteiger partial charge in [0.25, 0.3) is 0 Å². The van der Waals surface area contributed by atoms with Gasteiger partial charge in [-0.1, -0.05) is 43.7 Å². The number of carbonyl (C=O) groups is 1. The van der Waals surface area contributed by atoms with Crippen LogP contribution in [0.4, 0.5) is 4.79 Å². The molecule has 6 nitrogen and oxygen atoms in total. The highest BCUT2D eigenvalue weighted by atomic mass is 16.6. The number of methoxy groups -OCH3 is 1. The van der Waals surface area contributed by atoms with Crippen LogP contribution in [-0.2, 0) is 22.3 Å². The Balaban J connectivity index is 1.51. The van der Waals surface area contributed by atoms with Crippen molar-refractivity contribution < 1.29 is 23.7 Å². The first-order valence-electron chi connectivity index (χ1n) is 11.1. The van der Waals surface area contributed by atoms with E-state index in [0.29, 0.717) is 32.9 Å². The number of benzene rings is 2. The van der Waals surface area contributed by atoms with E-state index in [1.54, 1.807) is 12.0 Å². The quantitative estimate of drug-likeness (QED) is 0.523. The Morgan fingerprint density at radius 3 is 2.87 bits per heavy atom. The zero-order valence-corrected chi connectivity index (χ0v) is 18.5. The van der Waals surface area contributed by atoms with Crippen molar-refractivity contribution in [1.29, 1.82) is 0 Å². The minimum atomic E-state index is -0.263. The first kappa shape index (κ1) is 22.9. The third-order valence-electron chi connectivity index (χ3n) is 5.33. The highest BCUT2D eigenvalue weighted by Gasteiger charge is 2.26. The molecule has 0 aromatic heterocycles. The van der Waals surface area contributed by atoms with Gasteiger partial charge in [0.1, 0.15) is 24.2 Å². The fourth-order valence-electron chi connectivity index (χ4n) is 3.52. The smallest absolute Gasteiger partial charge is 0.409 e. The van der Waals surface area contributed by atoms with Crippen LogP contribution in [0.5, 0.6) is 11.5 Å². The summed E-state index contributed by atoms with van der Waals surface area (Å²) in [5, 5.41) is 0. The molecule has 1 atom stereocenters. The molecule has 1 amide bonds. The molecule has 6 heteroatoms. The molecular formula is C25H33NO5. The summed E-state index contributed by atoms with van der Waals surface area (Å²) in [6.07, 6.45) is 3.22. The Morgan fingerprint density at radius 1 is 1.16 bits per heavy atom. The number of ether oxygens (including phenoxy) is 4. The Morgan fingerprint density at radius 2 is 2.03 bits per heavy atom. The van der Waals surface area contributed by atoms with Crippen LogP contribution < -0.4 is 9.47 Å². The molecule has 0 saturated carbocycles. The number of hydrogen-bond donors (Lipinski definition) is 0. The maximum atomic E-state index is 12.2. The first-order chi connectivity index (χ1) is 15.2. The van der Waals surface area contributed by atoms with E-state index < -0.39 is 0 Å². The number of rotatable bonds is 10. The SMILES string of the molecule is CCCCOC(=O)N1CCOC(COc2ccccc2CCc2cccc(OC)c2)C1. The van der Waals surface area contributed by atoms with E-state index in [2.05, 4.69) is 25.1 Å². The summed E-state index contributed by atoms with van der Waals surface area (Å²) in [7, 11) is 1.68. The summed E-state index contributed by atoms with van der Waals surface area (Å²) in [4.78, 5) is 13.9. The van der Waals surface area contributed by atoms with Crippen LogP contribution in [0.25, 0.3) is 0 Å². The molecule has 3 rings (SSSR count). The van der Waals surface area contributed by atoms with E-state index in [4.69, 9.17) is 18.9 Å². The zero-order valence-electron chi connectivity index (χ0n) is 18.5. The summed E-state index contributed by atoms with van der Waals surface area (Å²) < 4.78 is 22.6. The summed E-state index contributed by atoms with van der Waals surface area (Å²) in [5.41, 5.74) is 2.37. The van der Waals surface area contributed by atoms with Gasteiger partial charge in [-0.3, -0.25) is 0 Å². The van der Waals surface area contributed by atoms with Crippen LogP contribution in [-0.4, -0.2) is 57.1 Å². The Labute approximate surface area is 185 Å². The topological polar surface area (TPSA) is 57.2 Å². The van der Waals surface area contributed by atoms with Gasteiger partial charge in [0.05, 0.1) is 26.9 Å². The van der Waals surface area contributed by atoms with Gasteiger partial charge in [-0.2, -0.15) is 0 Å².